The molecular formula is C29H31F4N3O6. The average Bonchev–Trinajstić information content (AvgIpc) is 3.56. The lowest BCUT2D eigenvalue weighted by atomic mass is 9.83. The maximum atomic E-state index is 14.9. The number of pyridine rings is 1. The second-order valence-electron chi connectivity index (χ2n) is 11.2. The predicted octanol–water partition coefficient (Wildman–Crippen LogP) is 5.05. The Kier molecular flexibility index (Phi) is 8.29. The van der Waals surface area contributed by atoms with E-state index in [1.807, 2.05) is 0 Å². The molecule has 0 saturated heterocycles. The Balaban J connectivity index is 1.31. The molecule has 2 aromatic rings. The normalized spacial score (nSPS) is 26.9. The largest absolute Gasteiger partial charge is 0.496 e. The molecule has 5 rings (SSSR count). The Labute approximate surface area is 239 Å². The fourth-order valence-electron chi connectivity index (χ4n) is 6.57. The van der Waals surface area contributed by atoms with Gasteiger partial charge in [-0.2, -0.15) is 13.2 Å². The highest BCUT2D eigenvalue weighted by Crippen LogP contribution is 2.49. The van der Waals surface area contributed by atoms with Gasteiger partial charge in [-0.25, -0.2) is 9.37 Å². The molecular weight excluding hydrogens is 562 g/mol. The molecule has 1 aromatic heterocycles. The van der Waals surface area contributed by atoms with Crippen LogP contribution >= 0.6 is 0 Å². The van der Waals surface area contributed by atoms with Crippen LogP contribution in [0.15, 0.2) is 30.5 Å². The van der Waals surface area contributed by atoms with Gasteiger partial charge in [-0.15, -0.1) is 0 Å². The number of ether oxygens (including phenoxy) is 2. The molecule has 3 N–H and O–H groups in total. The number of hydrogen-bond donors (Lipinski definition) is 3. The highest BCUT2D eigenvalue weighted by atomic mass is 19.4. The van der Waals surface area contributed by atoms with Crippen molar-refractivity contribution in [3.05, 3.63) is 47.4 Å². The molecule has 3 saturated carbocycles. The summed E-state index contributed by atoms with van der Waals surface area (Å²) in [6.45, 7) is 0. The standard InChI is InChI=1S/C29H31F4N3O6/c1-41-21-13-20(30)22(42-18-6-4-14(5-7-18)28(39)40)12-19(21)26(37)36-25-16-3-2-15(10-16)24(25)27(38)35-23-11-17(8-9-34-23)29(31,32)33/h8-9,11-16,18,24-25H,2-7,10H2,1H3,(H,36,37)(H,39,40)(H,34,35,38). The average molecular weight is 594 g/mol. The van der Waals surface area contributed by atoms with E-state index in [9.17, 15) is 37.1 Å². The molecule has 1 aromatic carbocycles. The second kappa shape index (κ2) is 11.8. The quantitative estimate of drug-likeness (QED) is 0.366. The van der Waals surface area contributed by atoms with Crippen molar-refractivity contribution in [2.75, 3.05) is 12.4 Å². The molecule has 9 nitrogen and oxygen atoms in total. The lowest BCUT2D eigenvalue weighted by Crippen LogP contribution is -2.48. The summed E-state index contributed by atoms with van der Waals surface area (Å²) in [4.78, 5) is 41.9. The zero-order valence-electron chi connectivity index (χ0n) is 22.7. The molecule has 226 valence electrons. The minimum Gasteiger partial charge on any atom is -0.496 e. The maximum absolute atomic E-state index is 14.9. The predicted molar refractivity (Wildman–Crippen MR) is 140 cm³/mol. The van der Waals surface area contributed by atoms with Crippen molar-refractivity contribution in [1.82, 2.24) is 10.3 Å². The molecule has 0 spiro atoms. The van der Waals surface area contributed by atoms with Crippen LogP contribution in [0.3, 0.4) is 0 Å². The van der Waals surface area contributed by atoms with Gasteiger partial charge >= 0.3 is 12.1 Å². The van der Waals surface area contributed by atoms with Gasteiger partial charge in [0.05, 0.1) is 36.2 Å². The highest BCUT2D eigenvalue weighted by molar-refractivity contribution is 5.99. The number of carboxylic acids is 1. The van der Waals surface area contributed by atoms with Gasteiger partial charge in [-0.3, -0.25) is 14.4 Å². The SMILES string of the molecule is COc1cc(F)c(OC2CCC(C(=O)O)CC2)cc1C(=O)NC1C2CCC(C2)C1C(=O)Nc1cc(C(F)(F)F)ccn1. The molecule has 42 heavy (non-hydrogen) atoms. The van der Waals surface area contributed by atoms with Crippen molar-refractivity contribution in [3.8, 4) is 11.5 Å². The summed E-state index contributed by atoms with van der Waals surface area (Å²) in [5.41, 5.74) is -0.948. The van der Waals surface area contributed by atoms with E-state index in [0.717, 1.165) is 37.2 Å². The molecule has 0 radical (unpaired) electrons. The minimum absolute atomic E-state index is 0.00500. The van der Waals surface area contributed by atoms with Gasteiger partial charge in [0.25, 0.3) is 5.91 Å². The number of alkyl halides is 3. The first-order valence-electron chi connectivity index (χ1n) is 13.9. The number of fused-ring (bicyclic) bond motifs is 2. The van der Waals surface area contributed by atoms with Gasteiger partial charge in [0.1, 0.15) is 11.6 Å². The first kappa shape index (κ1) is 29.6. The van der Waals surface area contributed by atoms with Crippen LogP contribution in [0, 0.1) is 29.5 Å². The van der Waals surface area contributed by atoms with E-state index in [2.05, 4.69) is 15.6 Å². The van der Waals surface area contributed by atoms with Crippen LogP contribution in [0.4, 0.5) is 23.4 Å². The van der Waals surface area contributed by atoms with Crippen LogP contribution in [0.25, 0.3) is 0 Å². The molecule has 3 aliphatic rings. The lowest BCUT2D eigenvalue weighted by Gasteiger charge is -2.31. The fourth-order valence-corrected chi connectivity index (χ4v) is 6.57. The number of rotatable bonds is 8. The molecule has 4 unspecified atom stereocenters. The van der Waals surface area contributed by atoms with Crippen LogP contribution < -0.4 is 20.1 Å². The number of anilines is 1. The summed E-state index contributed by atoms with van der Waals surface area (Å²) in [5, 5.41) is 14.6. The van der Waals surface area contributed by atoms with Crippen molar-refractivity contribution >= 4 is 23.6 Å². The van der Waals surface area contributed by atoms with E-state index in [0.29, 0.717) is 32.1 Å². The third kappa shape index (κ3) is 6.14. The maximum Gasteiger partial charge on any atom is 0.416 e. The van der Waals surface area contributed by atoms with E-state index in [1.165, 1.54) is 13.2 Å². The van der Waals surface area contributed by atoms with E-state index >= 15 is 0 Å². The van der Waals surface area contributed by atoms with Gasteiger partial charge in [0, 0.05) is 18.3 Å². The number of aliphatic carboxylic acids is 1. The van der Waals surface area contributed by atoms with E-state index in [-0.39, 0.29) is 34.7 Å². The summed E-state index contributed by atoms with van der Waals surface area (Å²) < 4.78 is 65.4. The summed E-state index contributed by atoms with van der Waals surface area (Å²) in [5.74, 6) is -4.46. The van der Waals surface area contributed by atoms with Crippen LogP contribution in [0.1, 0.15) is 60.9 Å². The first-order valence-corrected chi connectivity index (χ1v) is 13.9. The monoisotopic (exact) mass is 593 g/mol. The fraction of sp³-hybridized carbons (Fsp3) is 0.517. The highest BCUT2D eigenvalue weighted by Gasteiger charge is 2.51. The number of amides is 2. The van der Waals surface area contributed by atoms with Crippen LogP contribution in [0.2, 0.25) is 0 Å². The summed E-state index contributed by atoms with van der Waals surface area (Å²) >= 11 is 0. The van der Waals surface area contributed by atoms with Crippen molar-refractivity contribution in [1.29, 1.82) is 0 Å². The Morgan fingerprint density at radius 3 is 2.38 bits per heavy atom. The summed E-state index contributed by atoms with van der Waals surface area (Å²) in [7, 11) is 1.29. The Morgan fingerprint density at radius 2 is 1.71 bits per heavy atom. The van der Waals surface area contributed by atoms with Gasteiger partial charge < -0.3 is 25.2 Å². The van der Waals surface area contributed by atoms with E-state index < -0.39 is 59.3 Å². The number of nitrogens with zero attached hydrogens (tertiary/aromatic N) is 1. The molecule has 4 atom stereocenters. The molecule has 3 fully saturated rings. The minimum atomic E-state index is -4.60. The molecule has 0 aliphatic heterocycles. The van der Waals surface area contributed by atoms with Crippen molar-refractivity contribution in [2.45, 2.75) is 63.3 Å². The Hall–Kier alpha value is -3.90. The van der Waals surface area contributed by atoms with Crippen molar-refractivity contribution < 1.29 is 46.5 Å². The Morgan fingerprint density at radius 1 is 1.00 bits per heavy atom. The zero-order valence-corrected chi connectivity index (χ0v) is 22.7. The van der Waals surface area contributed by atoms with E-state index in [1.54, 1.807) is 0 Å². The number of carboxylic acid groups (broad SMARTS) is 1. The smallest absolute Gasteiger partial charge is 0.416 e. The van der Waals surface area contributed by atoms with Gasteiger partial charge in [-0.1, -0.05) is 0 Å². The van der Waals surface area contributed by atoms with Gasteiger partial charge in [-0.05, 0) is 75.0 Å². The van der Waals surface area contributed by atoms with Crippen molar-refractivity contribution in [2.24, 2.45) is 23.7 Å². The number of halogens is 4. The third-order valence-corrected chi connectivity index (χ3v) is 8.67. The number of benzene rings is 1. The van der Waals surface area contributed by atoms with Gasteiger partial charge in [0.2, 0.25) is 5.91 Å². The van der Waals surface area contributed by atoms with E-state index in [4.69, 9.17) is 9.47 Å². The van der Waals surface area contributed by atoms with Crippen LogP contribution in [-0.4, -0.2) is 47.1 Å². The molecule has 2 bridgehead atoms. The number of hydrogen-bond acceptors (Lipinski definition) is 6. The van der Waals surface area contributed by atoms with Crippen molar-refractivity contribution in [3.63, 3.8) is 0 Å². The third-order valence-electron chi connectivity index (χ3n) is 8.67. The lowest BCUT2D eigenvalue weighted by molar-refractivity contribution is -0.143. The number of nitrogens with one attached hydrogen (secondary N) is 2. The zero-order chi connectivity index (χ0) is 30.2. The first-order chi connectivity index (χ1) is 19.9. The molecule has 13 heteroatoms. The van der Waals surface area contributed by atoms with Gasteiger partial charge in [0.15, 0.2) is 11.6 Å². The number of methoxy groups -OCH3 is 1. The summed E-state index contributed by atoms with van der Waals surface area (Å²) in [6, 6.07) is 3.25. The number of carbonyl (C=O) groups is 3. The molecule has 2 amide bonds. The van der Waals surface area contributed by atoms with Crippen LogP contribution in [-0.2, 0) is 15.8 Å². The number of carbonyl (C=O) groups excluding carboxylic acids is 2. The molecule has 1 heterocycles. The topological polar surface area (TPSA) is 127 Å². The molecule has 3 aliphatic carbocycles. The second-order valence-corrected chi connectivity index (χ2v) is 11.2. The number of aromatic nitrogens is 1. The van der Waals surface area contributed by atoms with Crippen LogP contribution in [0.5, 0.6) is 11.5 Å². The Bertz CT molecular complexity index is 1360. The summed E-state index contributed by atoms with van der Waals surface area (Å²) in [6.07, 6.45) is -0.211.